The van der Waals surface area contributed by atoms with Crippen molar-refractivity contribution in [1.29, 1.82) is 0 Å². The van der Waals surface area contributed by atoms with Crippen molar-refractivity contribution in [1.82, 2.24) is 9.62 Å². The second kappa shape index (κ2) is 8.06. The Morgan fingerprint density at radius 2 is 1.76 bits per heavy atom. The van der Waals surface area contributed by atoms with E-state index in [0.717, 1.165) is 24.1 Å². The quantitative estimate of drug-likeness (QED) is 0.765. The van der Waals surface area contributed by atoms with Gasteiger partial charge in [-0.3, -0.25) is 0 Å². The van der Waals surface area contributed by atoms with Crippen LogP contribution in [-0.4, -0.2) is 39.5 Å². The molecule has 1 aromatic rings. The average molecular weight is 440 g/mol. The lowest BCUT2D eigenvalue weighted by atomic mass is 10.2. The largest absolute Gasteiger partial charge is 0.302 e. The highest BCUT2D eigenvalue weighted by Gasteiger charge is 2.18. The Balaban J connectivity index is 1.93. The predicted octanol–water partition coefficient (Wildman–Crippen LogP) is 3.37. The Hall–Kier alpha value is 0.0500. The normalized spacial score (nSPS) is 17.6. The number of hydrogen-bond donors (Lipinski definition) is 1. The topological polar surface area (TPSA) is 49.4 Å². The van der Waals surface area contributed by atoms with E-state index in [1.54, 1.807) is 18.2 Å². The summed E-state index contributed by atoms with van der Waals surface area (Å²) in [4.78, 5) is 2.61. The SMILES string of the molecule is O=S(=O)(NCCN1CCCCCC1)c1cc(Br)ccc1Br. The van der Waals surface area contributed by atoms with Crippen molar-refractivity contribution in [3.63, 3.8) is 0 Å². The highest BCUT2D eigenvalue weighted by atomic mass is 79.9. The molecule has 0 atom stereocenters. The van der Waals surface area contributed by atoms with Gasteiger partial charge in [0, 0.05) is 22.0 Å². The fraction of sp³-hybridized carbons (Fsp3) is 0.571. The Morgan fingerprint density at radius 3 is 2.43 bits per heavy atom. The molecule has 4 nitrogen and oxygen atoms in total. The van der Waals surface area contributed by atoms with Gasteiger partial charge in [0.15, 0.2) is 0 Å². The third-order valence-electron chi connectivity index (χ3n) is 3.60. The van der Waals surface area contributed by atoms with Crippen LogP contribution in [0.25, 0.3) is 0 Å². The molecule has 118 valence electrons. The lowest BCUT2D eigenvalue weighted by Gasteiger charge is -2.19. The van der Waals surface area contributed by atoms with Crippen LogP contribution in [0.3, 0.4) is 0 Å². The Morgan fingerprint density at radius 1 is 1.10 bits per heavy atom. The first-order chi connectivity index (χ1) is 9.99. The summed E-state index contributed by atoms with van der Waals surface area (Å²) in [5, 5.41) is 0. The van der Waals surface area contributed by atoms with Gasteiger partial charge in [0.1, 0.15) is 0 Å². The van der Waals surface area contributed by atoms with Crippen molar-refractivity contribution in [2.24, 2.45) is 0 Å². The molecule has 1 aliphatic heterocycles. The summed E-state index contributed by atoms with van der Waals surface area (Å²) >= 11 is 6.60. The van der Waals surface area contributed by atoms with Crippen molar-refractivity contribution in [3.8, 4) is 0 Å². The predicted molar refractivity (Wildman–Crippen MR) is 91.9 cm³/mol. The van der Waals surface area contributed by atoms with Crippen LogP contribution in [0.4, 0.5) is 0 Å². The lowest BCUT2D eigenvalue weighted by molar-refractivity contribution is 0.290. The van der Waals surface area contributed by atoms with Crippen LogP contribution >= 0.6 is 31.9 Å². The Kier molecular flexibility index (Phi) is 6.68. The number of nitrogens with zero attached hydrogens (tertiary/aromatic N) is 1. The van der Waals surface area contributed by atoms with E-state index in [2.05, 4.69) is 41.5 Å². The van der Waals surface area contributed by atoms with Gasteiger partial charge in [-0.25, -0.2) is 13.1 Å². The molecule has 1 fully saturated rings. The summed E-state index contributed by atoms with van der Waals surface area (Å²) in [6.45, 7) is 3.36. The minimum absolute atomic E-state index is 0.271. The molecule has 0 unspecified atom stereocenters. The Labute approximate surface area is 143 Å². The first kappa shape index (κ1) is 17.4. The highest BCUT2D eigenvalue weighted by Crippen LogP contribution is 2.25. The molecule has 21 heavy (non-hydrogen) atoms. The third kappa shape index (κ3) is 5.32. The smallest absolute Gasteiger partial charge is 0.241 e. The molecule has 0 amide bonds. The number of benzene rings is 1. The fourth-order valence-electron chi connectivity index (χ4n) is 2.46. The summed E-state index contributed by atoms with van der Waals surface area (Å²) < 4.78 is 28.7. The van der Waals surface area contributed by atoms with Gasteiger partial charge >= 0.3 is 0 Å². The Bertz CT molecular complexity index is 570. The average Bonchev–Trinajstić information content (AvgIpc) is 2.70. The van der Waals surface area contributed by atoms with E-state index in [0.29, 0.717) is 11.0 Å². The van der Waals surface area contributed by atoms with Crippen molar-refractivity contribution in [2.75, 3.05) is 26.2 Å². The van der Waals surface area contributed by atoms with Crippen LogP contribution in [0.15, 0.2) is 32.0 Å². The summed E-state index contributed by atoms with van der Waals surface area (Å²) in [5.74, 6) is 0. The van der Waals surface area contributed by atoms with Gasteiger partial charge in [0.05, 0.1) is 4.90 Å². The van der Waals surface area contributed by atoms with Gasteiger partial charge < -0.3 is 4.90 Å². The molecule has 1 aromatic carbocycles. The van der Waals surface area contributed by atoms with E-state index in [4.69, 9.17) is 0 Å². The van der Waals surface area contributed by atoms with Crippen molar-refractivity contribution < 1.29 is 8.42 Å². The van der Waals surface area contributed by atoms with E-state index < -0.39 is 10.0 Å². The first-order valence-electron chi connectivity index (χ1n) is 7.16. The molecule has 0 saturated carbocycles. The minimum atomic E-state index is -3.48. The van der Waals surface area contributed by atoms with Crippen molar-refractivity contribution in [2.45, 2.75) is 30.6 Å². The van der Waals surface area contributed by atoms with E-state index >= 15 is 0 Å². The monoisotopic (exact) mass is 438 g/mol. The molecule has 7 heteroatoms. The number of nitrogens with one attached hydrogen (secondary N) is 1. The molecule has 1 aliphatic rings. The number of likely N-dealkylation sites (tertiary alicyclic amines) is 1. The molecule has 1 N–H and O–H groups in total. The maximum absolute atomic E-state index is 12.3. The maximum atomic E-state index is 12.3. The standard InChI is InChI=1S/C14H20Br2N2O2S/c15-12-5-6-13(16)14(11-12)21(19,20)17-7-10-18-8-3-1-2-4-9-18/h5-6,11,17H,1-4,7-10H2. The number of rotatable bonds is 5. The second-order valence-corrected chi connectivity index (χ2v) is 8.73. The number of hydrogen-bond acceptors (Lipinski definition) is 3. The van der Waals surface area contributed by atoms with Crippen LogP contribution in [0.2, 0.25) is 0 Å². The van der Waals surface area contributed by atoms with Crippen molar-refractivity contribution >= 4 is 41.9 Å². The number of halogens is 2. The highest BCUT2D eigenvalue weighted by molar-refractivity contribution is 9.11. The molecule has 0 aliphatic carbocycles. The molecule has 0 bridgehead atoms. The third-order valence-corrected chi connectivity index (χ3v) is 6.55. The first-order valence-corrected chi connectivity index (χ1v) is 10.2. The zero-order valence-electron chi connectivity index (χ0n) is 11.8. The zero-order chi connectivity index (χ0) is 15.3. The van der Waals surface area contributed by atoms with Gasteiger partial charge in [-0.05, 0) is 60.1 Å². The van der Waals surface area contributed by atoms with Gasteiger partial charge in [-0.2, -0.15) is 0 Å². The fourth-order valence-corrected chi connectivity index (χ4v) is 4.98. The van der Waals surface area contributed by atoms with E-state index in [1.807, 2.05) is 0 Å². The van der Waals surface area contributed by atoms with Crippen LogP contribution < -0.4 is 4.72 Å². The van der Waals surface area contributed by atoms with Crippen molar-refractivity contribution in [3.05, 3.63) is 27.1 Å². The summed E-state index contributed by atoms with van der Waals surface area (Å²) in [7, 11) is -3.48. The van der Waals surface area contributed by atoms with Gasteiger partial charge in [-0.1, -0.05) is 28.8 Å². The summed E-state index contributed by atoms with van der Waals surface area (Å²) in [6, 6.07) is 5.14. The summed E-state index contributed by atoms with van der Waals surface area (Å²) in [6.07, 6.45) is 4.99. The molecule has 0 aromatic heterocycles. The van der Waals surface area contributed by atoms with E-state index in [-0.39, 0.29) is 4.90 Å². The van der Waals surface area contributed by atoms with Gasteiger partial charge in [0.25, 0.3) is 0 Å². The van der Waals surface area contributed by atoms with E-state index in [9.17, 15) is 8.42 Å². The van der Waals surface area contributed by atoms with Crippen LogP contribution in [0.5, 0.6) is 0 Å². The van der Waals surface area contributed by atoms with Crippen LogP contribution in [0, 0.1) is 0 Å². The number of sulfonamides is 1. The van der Waals surface area contributed by atoms with Gasteiger partial charge in [0.2, 0.25) is 10.0 Å². The molecule has 2 rings (SSSR count). The minimum Gasteiger partial charge on any atom is -0.302 e. The lowest BCUT2D eigenvalue weighted by Crippen LogP contribution is -2.35. The van der Waals surface area contributed by atoms with Gasteiger partial charge in [-0.15, -0.1) is 0 Å². The second-order valence-electron chi connectivity index (χ2n) is 5.23. The molecule has 1 heterocycles. The van der Waals surface area contributed by atoms with Crippen LogP contribution in [-0.2, 0) is 10.0 Å². The zero-order valence-corrected chi connectivity index (χ0v) is 15.8. The molecule has 0 spiro atoms. The van der Waals surface area contributed by atoms with E-state index in [1.165, 1.54) is 25.7 Å². The molecular weight excluding hydrogens is 420 g/mol. The van der Waals surface area contributed by atoms with Crippen LogP contribution in [0.1, 0.15) is 25.7 Å². The molecule has 0 radical (unpaired) electrons. The molecular formula is C14H20Br2N2O2S. The maximum Gasteiger partial charge on any atom is 0.241 e. The molecule has 1 saturated heterocycles. The summed E-state index contributed by atoms with van der Waals surface area (Å²) in [5.41, 5.74) is 0.